The zero-order valence-corrected chi connectivity index (χ0v) is 30.3. The predicted octanol–water partition coefficient (Wildman–Crippen LogP) is 11.8. The van der Waals surface area contributed by atoms with Crippen LogP contribution in [0.2, 0.25) is 0 Å². The van der Waals surface area contributed by atoms with Gasteiger partial charge in [0.2, 0.25) is 0 Å². The maximum atomic E-state index is 6.70. The van der Waals surface area contributed by atoms with E-state index >= 15 is 0 Å². The molecule has 0 unspecified atom stereocenters. The lowest BCUT2D eigenvalue weighted by atomic mass is 9.67. The molecule has 0 amide bonds. The zero-order valence-electron chi connectivity index (χ0n) is 30.3. The monoisotopic (exact) mass is 672 g/mol. The molecule has 1 aliphatic carbocycles. The van der Waals surface area contributed by atoms with E-state index in [1.807, 2.05) is 36.4 Å². The van der Waals surface area contributed by atoms with Gasteiger partial charge in [0.1, 0.15) is 23.0 Å². The van der Waals surface area contributed by atoms with E-state index in [0.29, 0.717) is 0 Å². The smallest absolute Gasteiger partial charge is 0.130 e. The number of hydrogen-bond donors (Lipinski definition) is 2. The molecule has 0 bridgehead atoms. The van der Waals surface area contributed by atoms with Crippen LogP contribution in [0.5, 0.6) is 23.0 Å². The summed E-state index contributed by atoms with van der Waals surface area (Å²) in [6.07, 6.45) is 5.48. The molecular formula is C47H48N2O2. The molecule has 6 aromatic rings. The van der Waals surface area contributed by atoms with Crippen LogP contribution in [0, 0.1) is 0 Å². The highest BCUT2D eigenvalue weighted by atomic mass is 16.5. The van der Waals surface area contributed by atoms with Crippen molar-refractivity contribution in [2.24, 2.45) is 0 Å². The largest absolute Gasteiger partial charge is 0.457 e. The normalized spacial score (nSPS) is 12.7. The van der Waals surface area contributed by atoms with Gasteiger partial charge in [0.25, 0.3) is 0 Å². The first-order valence-electron chi connectivity index (χ1n) is 18.5. The Labute approximate surface area is 303 Å². The lowest BCUT2D eigenvalue weighted by Crippen LogP contribution is -2.29. The van der Waals surface area contributed by atoms with Crippen molar-refractivity contribution in [2.75, 3.05) is 11.5 Å². The quantitative estimate of drug-likeness (QED) is 0.127. The Bertz CT molecular complexity index is 2040. The third-order valence-corrected chi connectivity index (χ3v) is 10.3. The fraction of sp³-hybridized carbons (Fsp3) is 0.234. The van der Waals surface area contributed by atoms with Gasteiger partial charge in [-0.25, -0.2) is 0 Å². The van der Waals surface area contributed by atoms with Crippen LogP contribution in [-0.4, -0.2) is 0 Å². The zero-order chi connectivity index (χ0) is 35.5. The van der Waals surface area contributed by atoms with Gasteiger partial charge >= 0.3 is 0 Å². The molecular weight excluding hydrogens is 625 g/mol. The number of rotatable bonds is 12. The summed E-state index contributed by atoms with van der Waals surface area (Å²) >= 11 is 0. The highest BCUT2D eigenvalue weighted by Gasteiger charge is 2.46. The summed E-state index contributed by atoms with van der Waals surface area (Å²) in [7, 11) is 0. The highest BCUT2D eigenvalue weighted by Crippen LogP contribution is 2.57. The van der Waals surface area contributed by atoms with Crippen LogP contribution in [0.25, 0.3) is 11.1 Å². The molecule has 7 rings (SSSR count). The minimum Gasteiger partial charge on any atom is -0.457 e. The third kappa shape index (κ3) is 6.14. The second-order valence-electron chi connectivity index (χ2n) is 13.6. The van der Waals surface area contributed by atoms with Crippen LogP contribution < -0.4 is 20.9 Å². The van der Waals surface area contributed by atoms with Crippen molar-refractivity contribution in [3.05, 3.63) is 166 Å². The van der Waals surface area contributed by atoms with Crippen molar-refractivity contribution in [3.8, 4) is 34.1 Å². The molecule has 0 aliphatic heterocycles. The Balaban J connectivity index is 1.43. The predicted molar refractivity (Wildman–Crippen MR) is 212 cm³/mol. The summed E-state index contributed by atoms with van der Waals surface area (Å²) in [6, 6.07) is 43.4. The average molecular weight is 673 g/mol. The van der Waals surface area contributed by atoms with Crippen LogP contribution in [0.3, 0.4) is 0 Å². The van der Waals surface area contributed by atoms with Gasteiger partial charge in [-0.2, -0.15) is 0 Å². The molecule has 0 saturated carbocycles. The second-order valence-corrected chi connectivity index (χ2v) is 13.6. The number of nitrogens with two attached hydrogens (primary N) is 2. The minimum absolute atomic E-state index is 0.541. The fourth-order valence-electron chi connectivity index (χ4n) is 7.97. The van der Waals surface area contributed by atoms with Crippen molar-refractivity contribution in [1.29, 1.82) is 0 Å². The first kappa shape index (κ1) is 34.0. The van der Waals surface area contributed by atoms with E-state index in [2.05, 4.69) is 113 Å². The first-order valence-corrected chi connectivity index (χ1v) is 18.5. The number of benzene rings is 6. The maximum Gasteiger partial charge on any atom is 0.130 e. The molecule has 0 atom stereocenters. The molecule has 0 saturated heterocycles. The lowest BCUT2D eigenvalue weighted by molar-refractivity contribution is 0.469. The molecule has 0 fully saturated rings. The average Bonchev–Trinajstić information content (AvgIpc) is 3.45. The van der Waals surface area contributed by atoms with Crippen molar-refractivity contribution >= 4 is 11.4 Å². The summed E-state index contributed by atoms with van der Waals surface area (Å²) in [6.45, 7) is 8.73. The molecule has 6 aromatic carbocycles. The van der Waals surface area contributed by atoms with E-state index < -0.39 is 5.41 Å². The van der Waals surface area contributed by atoms with Crippen molar-refractivity contribution in [2.45, 2.75) is 71.6 Å². The van der Waals surface area contributed by atoms with Gasteiger partial charge in [0, 0.05) is 11.4 Å². The van der Waals surface area contributed by atoms with E-state index in [4.69, 9.17) is 20.9 Å². The first-order chi connectivity index (χ1) is 24.9. The molecule has 4 N–H and O–H groups in total. The number of fused-ring (bicyclic) bond motifs is 3. The Morgan fingerprint density at radius 3 is 1.25 bits per heavy atom. The Morgan fingerprint density at radius 2 is 0.843 bits per heavy atom. The van der Waals surface area contributed by atoms with Crippen molar-refractivity contribution in [1.82, 2.24) is 0 Å². The maximum absolute atomic E-state index is 6.70. The second kappa shape index (κ2) is 14.4. The van der Waals surface area contributed by atoms with Gasteiger partial charge < -0.3 is 20.9 Å². The Morgan fingerprint density at radius 1 is 0.451 bits per heavy atom. The fourth-order valence-corrected chi connectivity index (χ4v) is 7.97. The minimum atomic E-state index is -0.541. The SMILES string of the molecule is CCCc1cc(C2(c3ccc(Oc4ccc(N)cc4CC)c(CCC)c3)c3ccccc3-c3ccccc32)ccc1Oc1ccc(N)cc1CC. The number of ether oxygens (including phenoxy) is 2. The number of aryl methyl sites for hydroxylation is 4. The van der Waals surface area contributed by atoms with Gasteiger partial charge in [-0.1, -0.05) is 113 Å². The summed E-state index contributed by atoms with van der Waals surface area (Å²) in [5.41, 5.74) is 25.4. The summed E-state index contributed by atoms with van der Waals surface area (Å²) in [5, 5.41) is 0. The Kier molecular flexibility index (Phi) is 9.60. The van der Waals surface area contributed by atoms with Crippen LogP contribution in [-0.2, 0) is 31.1 Å². The molecule has 258 valence electrons. The van der Waals surface area contributed by atoms with E-state index in [0.717, 1.165) is 84.0 Å². The summed E-state index contributed by atoms with van der Waals surface area (Å²) in [5.74, 6) is 3.49. The molecule has 4 heteroatoms. The number of anilines is 2. The summed E-state index contributed by atoms with van der Waals surface area (Å²) < 4.78 is 13.4. The standard InChI is InChI=1S/C47H48N2O2/c1-5-13-33-27-35(19-23-45(33)50-43-25-21-37(48)29-31(43)7-3)47(41-17-11-9-15-39(41)40-16-10-12-18-42(40)47)36-20-24-46(34(28-36)14-6-2)51-44-26-22-38(49)30-32(44)8-4/h9-12,15-30H,5-8,13-14,48-49H2,1-4H3. The van der Waals surface area contributed by atoms with E-state index in [9.17, 15) is 0 Å². The number of nitrogen functional groups attached to an aromatic ring is 2. The highest BCUT2D eigenvalue weighted by molar-refractivity contribution is 5.86. The molecule has 0 radical (unpaired) electrons. The number of hydrogen-bond acceptors (Lipinski definition) is 4. The van der Waals surface area contributed by atoms with Gasteiger partial charge in [-0.3, -0.25) is 0 Å². The topological polar surface area (TPSA) is 70.5 Å². The lowest BCUT2D eigenvalue weighted by Gasteiger charge is -2.35. The summed E-state index contributed by atoms with van der Waals surface area (Å²) in [4.78, 5) is 0. The van der Waals surface area contributed by atoms with Crippen LogP contribution >= 0.6 is 0 Å². The van der Waals surface area contributed by atoms with Crippen molar-refractivity contribution < 1.29 is 9.47 Å². The van der Waals surface area contributed by atoms with E-state index in [1.54, 1.807) is 0 Å². The molecule has 0 spiro atoms. The third-order valence-electron chi connectivity index (χ3n) is 10.3. The van der Waals surface area contributed by atoms with Crippen LogP contribution in [0.1, 0.15) is 85.0 Å². The van der Waals surface area contributed by atoms with Gasteiger partial charge in [-0.05, 0) is 130 Å². The van der Waals surface area contributed by atoms with E-state index in [-0.39, 0.29) is 0 Å². The van der Waals surface area contributed by atoms with E-state index in [1.165, 1.54) is 44.5 Å². The van der Waals surface area contributed by atoms with Gasteiger partial charge in [-0.15, -0.1) is 0 Å². The molecule has 4 nitrogen and oxygen atoms in total. The van der Waals surface area contributed by atoms with Crippen LogP contribution in [0.4, 0.5) is 11.4 Å². The van der Waals surface area contributed by atoms with Gasteiger partial charge in [0.05, 0.1) is 5.41 Å². The molecule has 0 heterocycles. The molecule has 0 aromatic heterocycles. The molecule has 1 aliphatic rings. The Hall–Kier alpha value is -5.48. The van der Waals surface area contributed by atoms with Crippen molar-refractivity contribution in [3.63, 3.8) is 0 Å². The van der Waals surface area contributed by atoms with Gasteiger partial charge in [0.15, 0.2) is 0 Å². The van der Waals surface area contributed by atoms with Crippen LogP contribution in [0.15, 0.2) is 121 Å². The molecule has 51 heavy (non-hydrogen) atoms.